The maximum absolute atomic E-state index is 13.9. The maximum Gasteiger partial charge on any atom is 0.291 e. The number of rotatable bonds is 27. The fourth-order valence-electron chi connectivity index (χ4n) is 8.79. The maximum atomic E-state index is 13.9. The zero-order valence-corrected chi connectivity index (χ0v) is 42.5. The average molecular weight is 991 g/mol. The number of hydrogen-bond donors (Lipinski definition) is 4. The summed E-state index contributed by atoms with van der Waals surface area (Å²) in [4.78, 5) is 98.9. The number of carbonyl (C=O) groups excluding carboxylic acids is 7. The van der Waals surface area contributed by atoms with Crippen molar-refractivity contribution in [3.8, 4) is 11.5 Å². The van der Waals surface area contributed by atoms with Gasteiger partial charge in [0.1, 0.15) is 5.78 Å². The molecule has 0 bridgehead atoms. The van der Waals surface area contributed by atoms with Gasteiger partial charge in [0.2, 0.25) is 23.5 Å². The summed E-state index contributed by atoms with van der Waals surface area (Å²) in [5.74, 6) is -1.06. The fourth-order valence-corrected chi connectivity index (χ4v) is 8.79. The molecule has 72 heavy (non-hydrogen) atoms. The molecule has 2 aliphatic heterocycles. The van der Waals surface area contributed by atoms with Gasteiger partial charge in [-0.3, -0.25) is 33.6 Å². The van der Waals surface area contributed by atoms with Crippen LogP contribution in [0.5, 0.6) is 11.5 Å². The number of amides is 5. The van der Waals surface area contributed by atoms with E-state index in [1.807, 2.05) is 37.1 Å². The van der Waals surface area contributed by atoms with Crippen molar-refractivity contribution >= 4 is 58.3 Å². The highest BCUT2D eigenvalue weighted by atomic mass is 16.5. The molecule has 0 fully saturated rings. The number of aromatic nitrogens is 2. The molecule has 386 valence electrons. The van der Waals surface area contributed by atoms with Crippen LogP contribution in [0.2, 0.25) is 0 Å². The Hall–Kier alpha value is -7.08. The molecule has 3 aromatic carbocycles. The van der Waals surface area contributed by atoms with Crippen LogP contribution in [0, 0.1) is 5.92 Å². The number of imidazole rings is 1. The normalized spacial score (nSPS) is 14.7. The van der Waals surface area contributed by atoms with E-state index >= 15 is 0 Å². The molecule has 4 N–H and O–H groups in total. The third-order valence-corrected chi connectivity index (χ3v) is 12.8. The number of carbonyl (C=O) groups is 7. The molecule has 0 unspecified atom stereocenters. The number of hydrogen-bond acceptors (Lipinski definition) is 12. The average Bonchev–Trinajstić information content (AvgIpc) is 3.69. The second kappa shape index (κ2) is 26.4. The van der Waals surface area contributed by atoms with Crippen LogP contribution in [0.3, 0.4) is 0 Å². The van der Waals surface area contributed by atoms with E-state index in [1.54, 1.807) is 57.4 Å². The van der Waals surface area contributed by atoms with Gasteiger partial charge in [-0.15, -0.1) is 0 Å². The highest BCUT2D eigenvalue weighted by molar-refractivity contribution is 6.03. The van der Waals surface area contributed by atoms with Crippen LogP contribution in [0.15, 0.2) is 66.9 Å². The molecule has 0 spiro atoms. The summed E-state index contributed by atoms with van der Waals surface area (Å²) in [7, 11) is 5.14. The molecule has 3 heterocycles. The van der Waals surface area contributed by atoms with E-state index in [-0.39, 0.29) is 85.2 Å². The van der Waals surface area contributed by atoms with E-state index in [1.165, 1.54) is 17.2 Å². The first-order valence-electron chi connectivity index (χ1n) is 25.0. The van der Waals surface area contributed by atoms with E-state index < -0.39 is 17.9 Å². The summed E-state index contributed by atoms with van der Waals surface area (Å²) in [5, 5.41) is 11.1. The number of ketones is 2. The summed E-state index contributed by atoms with van der Waals surface area (Å²) >= 11 is 0. The highest BCUT2D eigenvalue weighted by Crippen LogP contribution is 2.39. The number of ether oxygens (including phenoxy) is 3. The Balaban J connectivity index is 0.884. The molecule has 0 saturated carbocycles. The standard InChI is InChI=1S/C54H70N8O10/c1-7-24-71-25-13-23-55-49(65)17-11-10-16-42(63)27-35(2)52(67)56-36(3)45(64)28-37-19-21-40(22-20-37)57-53(68)51-59-48(34-61(51)5)58-50(66)18-12-26-72-47-31-44-43(30-46(47)70-6)54(69)62-32-39-15-9-8-14-38(39)29-41(62)33-60(44)4/h8-9,14-15,19-22,30-31,34-36,41H,7,10-13,16-18,23-29,32-33H2,1-6H3,(H,55,65)(H,56,67)(H,57,68)(H,58,66)/t35-,36+,41+/m1/s1. The lowest BCUT2D eigenvalue weighted by Crippen LogP contribution is -2.47. The minimum atomic E-state index is -0.786. The number of likely N-dealkylation sites (N-methyl/N-ethyl adjacent to an activating group) is 1. The predicted octanol–water partition coefficient (Wildman–Crippen LogP) is 6.20. The Morgan fingerprint density at radius 3 is 2.32 bits per heavy atom. The van der Waals surface area contributed by atoms with Crippen molar-refractivity contribution in [2.24, 2.45) is 13.0 Å². The van der Waals surface area contributed by atoms with Gasteiger partial charge in [0.05, 0.1) is 37.1 Å². The lowest BCUT2D eigenvalue weighted by molar-refractivity contribution is -0.131. The van der Waals surface area contributed by atoms with Gasteiger partial charge < -0.3 is 49.8 Å². The summed E-state index contributed by atoms with van der Waals surface area (Å²) in [5.41, 5.74) is 4.85. The number of nitrogens with zero attached hydrogens (tertiary/aromatic N) is 4. The van der Waals surface area contributed by atoms with Crippen molar-refractivity contribution in [1.29, 1.82) is 0 Å². The third kappa shape index (κ3) is 15.2. The topological polar surface area (TPSA) is 220 Å². The van der Waals surface area contributed by atoms with Gasteiger partial charge in [0, 0.05) is 103 Å². The number of methoxy groups -OCH3 is 1. The Labute approximate surface area is 421 Å². The van der Waals surface area contributed by atoms with Gasteiger partial charge in [-0.1, -0.05) is 50.2 Å². The number of Topliss-reactive ketones (excluding diaryl/α,β-unsaturated/α-hetero) is 2. The first-order valence-corrected chi connectivity index (χ1v) is 25.0. The molecule has 4 aromatic rings. The van der Waals surface area contributed by atoms with Crippen molar-refractivity contribution in [3.05, 3.63) is 94.9 Å². The van der Waals surface area contributed by atoms with E-state index in [0.29, 0.717) is 86.8 Å². The number of fused-ring (bicyclic) bond motifs is 3. The monoisotopic (exact) mass is 991 g/mol. The first-order chi connectivity index (χ1) is 34.6. The van der Waals surface area contributed by atoms with Gasteiger partial charge in [0.25, 0.3) is 11.8 Å². The molecule has 6 rings (SSSR count). The lowest BCUT2D eigenvalue weighted by atomic mass is 9.93. The lowest BCUT2D eigenvalue weighted by Gasteiger charge is -2.36. The second-order valence-corrected chi connectivity index (χ2v) is 18.7. The number of benzene rings is 3. The molecular formula is C54H70N8O10. The minimum Gasteiger partial charge on any atom is -0.493 e. The molecule has 0 radical (unpaired) electrons. The minimum absolute atomic E-state index is 0.0242. The number of aryl methyl sites for hydroxylation is 1. The highest BCUT2D eigenvalue weighted by Gasteiger charge is 2.36. The van der Waals surface area contributed by atoms with Crippen LogP contribution in [0.4, 0.5) is 17.2 Å². The third-order valence-electron chi connectivity index (χ3n) is 12.8. The molecule has 0 saturated heterocycles. The van der Waals surface area contributed by atoms with Crippen LogP contribution in [-0.4, -0.2) is 115 Å². The summed E-state index contributed by atoms with van der Waals surface area (Å²) in [6.07, 6.45) is 6.33. The molecule has 0 aliphatic carbocycles. The molecule has 2 aliphatic rings. The van der Waals surface area contributed by atoms with Crippen molar-refractivity contribution < 1.29 is 47.8 Å². The van der Waals surface area contributed by atoms with Crippen molar-refractivity contribution in [2.75, 3.05) is 62.6 Å². The van der Waals surface area contributed by atoms with E-state index in [2.05, 4.69) is 43.3 Å². The van der Waals surface area contributed by atoms with E-state index in [4.69, 9.17) is 14.2 Å². The van der Waals surface area contributed by atoms with Gasteiger partial charge in [-0.05, 0) is 80.3 Å². The van der Waals surface area contributed by atoms with Gasteiger partial charge in [0.15, 0.2) is 23.1 Å². The number of unbranched alkanes of at least 4 members (excludes halogenated alkanes) is 1. The smallest absolute Gasteiger partial charge is 0.291 e. The predicted molar refractivity (Wildman–Crippen MR) is 273 cm³/mol. The molecule has 18 heteroatoms. The molecule has 3 atom stereocenters. The number of nitrogens with one attached hydrogen (secondary N) is 4. The van der Waals surface area contributed by atoms with Gasteiger partial charge in [-0.2, -0.15) is 0 Å². The zero-order valence-electron chi connectivity index (χ0n) is 42.5. The molecular weight excluding hydrogens is 921 g/mol. The SMILES string of the molecule is CCCOCCCNC(=O)CCCCC(=O)C[C@@H](C)C(=O)N[C@@H](C)C(=O)Cc1ccc(NC(=O)c2nc(NC(=O)CCCOc3cc4c(cc3OC)C(=O)N3Cc5ccccc5C[C@H]3CN4C)cn2C)cc1. The first kappa shape index (κ1) is 54.3. The summed E-state index contributed by atoms with van der Waals surface area (Å²) in [6, 6.07) is 17.8. The van der Waals surface area contributed by atoms with Crippen LogP contribution in [0.1, 0.15) is 116 Å². The van der Waals surface area contributed by atoms with Crippen molar-refractivity contribution in [2.45, 2.75) is 110 Å². The molecule has 1 aromatic heterocycles. The van der Waals surface area contributed by atoms with E-state index in [9.17, 15) is 33.6 Å². The van der Waals surface area contributed by atoms with Crippen LogP contribution >= 0.6 is 0 Å². The Morgan fingerprint density at radius 1 is 0.833 bits per heavy atom. The van der Waals surface area contributed by atoms with Crippen LogP contribution < -0.4 is 35.6 Å². The quantitative estimate of drug-likeness (QED) is 0.0491. The Morgan fingerprint density at radius 2 is 1.57 bits per heavy atom. The van der Waals surface area contributed by atoms with E-state index in [0.717, 1.165) is 30.5 Å². The van der Waals surface area contributed by atoms with Crippen LogP contribution in [0.25, 0.3) is 0 Å². The Bertz CT molecular complexity index is 2560. The fraction of sp³-hybridized carbons (Fsp3) is 0.481. The molecule has 5 amide bonds. The Kier molecular flexibility index (Phi) is 19.9. The van der Waals surface area contributed by atoms with Crippen molar-refractivity contribution in [1.82, 2.24) is 25.1 Å². The van der Waals surface area contributed by atoms with Gasteiger partial charge in [-0.25, -0.2) is 4.98 Å². The largest absolute Gasteiger partial charge is 0.493 e. The molecule has 18 nitrogen and oxygen atoms in total. The summed E-state index contributed by atoms with van der Waals surface area (Å²) < 4.78 is 18.7. The number of anilines is 3. The second-order valence-electron chi connectivity index (χ2n) is 18.7. The summed E-state index contributed by atoms with van der Waals surface area (Å²) in [6.45, 7) is 8.59. The van der Waals surface area contributed by atoms with Crippen molar-refractivity contribution in [3.63, 3.8) is 0 Å². The zero-order chi connectivity index (χ0) is 51.7. The van der Waals surface area contributed by atoms with Gasteiger partial charge >= 0.3 is 0 Å². The van der Waals surface area contributed by atoms with Crippen LogP contribution in [-0.2, 0) is 55.1 Å².